The molecular formula is C19H20FNO. The summed E-state index contributed by atoms with van der Waals surface area (Å²) in [4.78, 5) is 12.0. The molecule has 2 nitrogen and oxygen atoms in total. The molecule has 0 bridgehead atoms. The molecular weight excluding hydrogens is 277 g/mol. The van der Waals surface area contributed by atoms with E-state index in [-0.39, 0.29) is 11.7 Å². The highest BCUT2D eigenvalue weighted by Crippen LogP contribution is 2.22. The zero-order valence-electron chi connectivity index (χ0n) is 12.6. The van der Waals surface area contributed by atoms with Gasteiger partial charge < -0.3 is 5.32 Å². The van der Waals surface area contributed by atoms with Gasteiger partial charge in [0.25, 0.3) is 0 Å². The summed E-state index contributed by atoms with van der Waals surface area (Å²) in [6.45, 7) is 0.579. The standard InChI is InChI=1S/C19H20FNO/c20-18-8-5-14(6-9-18)10-11-21-19(22)13-15-4-7-16-2-1-3-17(16)12-15/h4-9,12H,1-3,10-11,13H2,(H,21,22). The van der Waals surface area contributed by atoms with E-state index in [4.69, 9.17) is 0 Å². The average Bonchev–Trinajstić information content (AvgIpc) is 2.97. The van der Waals surface area contributed by atoms with Crippen LogP contribution in [0.4, 0.5) is 4.39 Å². The molecule has 0 spiro atoms. The lowest BCUT2D eigenvalue weighted by molar-refractivity contribution is -0.120. The van der Waals surface area contributed by atoms with Gasteiger partial charge in [0.1, 0.15) is 5.82 Å². The van der Waals surface area contributed by atoms with Gasteiger partial charge in [-0.3, -0.25) is 4.79 Å². The van der Waals surface area contributed by atoms with Crippen LogP contribution >= 0.6 is 0 Å². The second-order valence-corrected chi connectivity index (χ2v) is 5.86. The van der Waals surface area contributed by atoms with Crippen molar-refractivity contribution in [3.63, 3.8) is 0 Å². The molecule has 0 heterocycles. The van der Waals surface area contributed by atoms with Gasteiger partial charge in [0, 0.05) is 6.54 Å². The van der Waals surface area contributed by atoms with Gasteiger partial charge in [-0.15, -0.1) is 0 Å². The van der Waals surface area contributed by atoms with E-state index >= 15 is 0 Å². The maximum absolute atomic E-state index is 12.8. The van der Waals surface area contributed by atoms with Crippen molar-refractivity contribution >= 4 is 5.91 Å². The van der Waals surface area contributed by atoms with Crippen molar-refractivity contribution in [2.75, 3.05) is 6.54 Å². The largest absolute Gasteiger partial charge is 0.355 e. The number of fused-ring (bicyclic) bond motifs is 1. The van der Waals surface area contributed by atoms with Crippen LogP contribution in [0.1, 0.15) is 28.7 Å². The van der Waals surface area contributed by atoms with Gasteiger partial charge in [0.15, 0.2) is 0 Å². The van der Waals surface area contributed by atoms with Crippen molar-refractivity contribution in [3.05, 3.63) is 70.5 Å². The zero-order chi connectivity index (χ0) is 15.4. The van der Waals surface area contributed by atoms with Crippen molar-refractivity contribution in [3.8, 4) is 0 Å². The molecule has 2 aromatic carbocycles. The van der Waals surface area contributed by atoms with Crippen molar-refractivity contribution < 1.29 is 9.18 Å². The Kier molecular flexibility index (Phi) is 4.52. The predicted octanol–water partition coefficient (Wildman–Crippen LogP) is 3.22. The summed E-state index contributed by atoms with van der Waals surface area (Å²) in [6.07, 6.45) is 4.67. The number of hydrogen-bond acceptors (Lipinski definition) is 1. The van der Waals surface area contributed by atoms with E-state index in [1.165, 1.54) is 36.1 Å². The molecule has 0 radical (unpaired) electrons. The Morgan fingerprint density at radius 1 is 1.00 bits per heavy atom. The van der Waals surface area contributed by atoms with Crippen LogP contribution in [0.2, 0.25) is 0 Å². The van der Waals surface area contributed by atoms with Crippen LogP contribution in [0.15, 0.2) is 42.5 Å². The molecule has 0 aromatic heterocycles. The molecule has 1 aliphatic carbocycles. The van der Waals surface area contributed by atoms with Gasteiger partial charge in [-0.1, -0.05) is 30.3 Å². The first-order valence-corrected chi connectivity index (χ1v) is 7.82. The highest BCUT2D eigenvalue weighted by Gasteiger charge is 2.12. The van der Waals surface area contributed by atoms with E-state index < -0.39 is 0 Å². The zero-order valence-corrected chi connectivity index (χ0v) is 12.6. The third kappa shape index (κ3) is 3.73. The number of halogens is 1. The molecule has 2 aromatic rings. The molecule has 1 N–H and O–H groups in total. The monoisotopic (exact) mass is 297 g/mol. The smallest absolute Gasteiger partial charge is 0.224 e. The fraction of sp³-hybridized carbons (Fsp3) is 0.316. The number of rotatable bonds is 5. The van der Waals surface area contributed by atoms with Gasteiger partial charge in [0.2, 0.25) is 5.91 Å². The Morgan fingerprint density at radius 3 is 2.55 bits per heavy atom. The summed E-state index contributed by atoms with van der Waals surface area (Å²) in [5.41, 5.74) is 4.94. The molecule has 0 atom stereocenters. The highest BCUT2D eigenvalue weighted by atomic mass is 19.1. The first kappa shape index (κ1) is 14.8. The Bertz CT molecular complexity index is 664. The molecule has 0 unspecified atom stereocenters. The van der Waals surface area contributed by atoms with Gasteiger partial charge in [0.05, 0.1) is 6.42 Å². The van der Waals surface area contributed by atoms with E-state index in [2.05, 4.69) is 23.5 Å². The average molecular weight is 297 g/mol. The SMILES string of the molecule is O=C(Cc1ccc2c(c1)CCC2)NCCc1ccc(F)cc1. The Hall–Kier alpha value is -2.16. The minimum atomic E-state index is -0.232. The summed E-state index contributed by atoms with van der Waals surface area (Å²) >= 11 is 0. The molecule has 0 saturated heterocycles. The van der Waals surface area contributed by atoms with Gasteiger partial charge in [-0.05, 0) is 60.1 Å². The Morgan fingerprint density at radius 2 is 1.73 bits per heavy atom. The van der Waals surface area contributed by atoms with E-state index in [0.717, 1.165) is 24.0 Å². The van der Waals surface area contributed by atoms with Crippen LogP contribution in [-0.4, -0.2) is 12.5 Å². The van der Waals surface area contributed by atoms with E-state index in [0.29, 0.717) is 13.0 Å². The first-order valence-electron chi connectivity index (χ1n) is 7.82. The maximum Gasteiger partial charge on any atom is 0.224 e. The lowest BCUT2D eigenvalue weighted by Gasteiger charge is -2.07. The third-order valence-electron chi connectivity index (χ3n) is 4.18. The molecule has 114 valence electrons. The van der Waals surface area contributed by atoms with Crippen LogP contribution in [0, 0.1) is 5.82 Å². The highest BCUT2D eigenvalue weighted by molar-refractivity contribution is 5.78. The third-order valence-corrected chi connectivity index (χ3v) is 4.18. The Balaban J connectivity index is 1.47. The molecule has 0 aliphatic heterocycles. The number of nitrogens with one attached hydrogen (secondary N) is 1. The summed E-state index contributed by atoms with van der Waals surface area (Å²) in [6, 6.07) is 12.8. The van der Waals surface area contributed by atoms with E-state index in [1.807, 2.05) is 0 Å². The number of benzene rings is 2. The molecule has 1 aliphatic rings. The van der Waals surface area contributed by atoms with E-state index in [9.17, 15) is 9.18 Å². The van der Waals surface area contributed by atoms with Crippen molar-refractivity contribution in [2.24, 2.45) is 0 Å². The van der Waals surface area contributed by atoms with E-state index in [1.54, 1.807) is 12.1 Å². The molecule has 3 heteroatoms. The first-order chi connectivity index (χ1) is 10.7. The van der Waals surface area contributed by atoms with Gasteiger partial charge in [-0.25, -0.2) is 4.39 Å². The number of amides is 1. The van der Waals surface area contributed by atoms with Crippen molar-refractivity contribution in [2.45, 2.75) is 32.1 Å². The number of hydrogen-bond donors (Lipinski definition) is 1. The lowest BCUT2D eigenvalue weighted by atomic mass is 10.0. The topological polar surface area (TPSA) is 29.1 Å². The van der Waals surface area contributed by atoms with Crippen LogP contribution in [0.3, 0.4) is 0 Å². The fourth-order valence-electron chi connectivity index (χ4n) is 2.98. The second kappa shape index (κ2) is 6.73. The minimum absolute atomic E-state index is 0.0417. The summed E-state index contributed by atoms with van der Waals surface area (Å²) in [5.74, 6) is -0.190. The number of carbonyl (C=O) groups is 1. The van der Waals surface area contributed by atoms with Gasteiger partial charge in [-0.2, -0.15) is 0 Å². The minimum Gasteiger partial charge on any atom is -0.355 e. The fourth-order valence-corrected chi connectivity index (χ4v) is 2.98. The van der Waals surface area contributed by atoms with Crippen LogP contribution in [0.25, 0.3) is 0 Å². The number of aryl methyl sites for hydroxylation is 2. The van der Waals surface area contributed by atoms with Gasteiger partial charge >= 0.3 is 0 Å². The second-order valence-electron chi connectivity index (χ2n) is 5.86. The molecule has 3 rings (SSSR count). The molecule has 22 heavy (non-hydrogen) atoms. The maximum atomic E-state index is 12.8. The van der Waals surface area contributed by atoms with Crippen LogP contribution < -0.4 is 5.32 Å². The lowest BCUT2D eigenvalue weighted by Crippen LogP contribution is -2.27. The normalized spacial score (nSPS) is 13.0. The molecule has 1 amide bonds. The number of carbonyl (C=O) groups excluding carboxylic acids is 1. The quantitative estimate of drug-likeness (QED) is 0.902. The summed E-state index contributed by atoms with van der Waals surface area (Å²) in [5, 5.41) is 2.93. The van der Waals surface area contributed by atoms with Crippen LogP contribution in [0.5, 0.6) is 0 Å². The van der Waals surface area contributed by atoms with Crippen molar-refractivity contribution in [1.29, 1.82) is 0 Å². The molecule has 0 fully saturated rings. The summed E-state index contributed by atoms with van der Waals surface area (Å²) in [7, 11) is 0. The van der Waals surface area contributed by atoms with Crippen molar-refractivity contribution in [1.82, 2.24) is 5.32 Å². The Labute approximate surface area is 130 Å². The molecule has 0 saturated carbocycles. The van der Waals surface area contributed by atoms with Crippen LogP contribution in [-0.2, 0) is 30.5 Å². The predicted molar refractivity (Wildman–Crippen MR) is 85.3 cm³/mol. The summed E-state index contributed by atoms with van der Waals surface area (Å²) < 4.78 is 12.8.